The Hall–Kier alpha value is -1.57. The van der Waals surface area contributed by atoms with Crippen LogP contribution < -0.4 is 5.32 Å². The molecule has 1 N–H and O–H groups in total. The second-order valence-corrected chi connectivity index (χ2v) is 4.13. The van der Waals surface area contributed by atoms with Crippen molar-refractivity contribution in [3.63, 3.8) is 0 Å². The highest BCUT2D eigenvalue weighted by Crippen LogP contribution is 2.23. The van der Waals surface area contributed by atoms with E-state index < -0.39 is 0 Å². The third kappa shape index (κ3) is 2.09. The molecule has 2 rings (SSSR count). The fraction of sp³-hybridized carbons (Fsp3) is 0.308. The van der Waals surface area contributed by atoms with Gasteiger partial charge < -0.3 is 5.32 Å². The second-order valence-electron chi connectivity index (χ2n) is 4.13. The van der Waals surface area contributed by atoms with Crippen LogP contribution in [0.15, 0.2) is 29.8 Å². The summed E-state index contributed by atoms with van der Waals surface area (Å²) in [4.78, 5) is 11.8. The molecule has 2 heteroatoms. The summed E-state index contributed by atoms with van der Waals surface area (Å²) in [6, 6.07) is 5.90. The predicted octanol–water partition coefficient (Wildman–Crippen LogP) is 2.80. The first-order chi connectivity index (χ1) is 7.16. The van der Waals surface area contributed by atoms with Crippen molar-refractivity contribution in [2.24, 2.45) is 0 Å². The summed E-state index contributed by atoms with van der Waals surface area (Å²) in [7, 11) is 0. The van der Waals surface area contributed by atoms with Crippen LogP contribution in [0, 0.1) is 0 Å². The van der Waals surface area contributed by atoms with Crippen molar-refractivity contribution < 1.29 is 4.79 Å². The molecular formula is C13H15NO. The molecule has 0 saturated carbocycles. The van der Waals surface area contributed by atoms with E-state index in [-0.39, 0.29) is 5.78 Å². The third-order valence-corrected chi connectivity index (χ3v) is 2.52. The van der Waals surface area contributed by atoms with Gasteiger partial charge in [0.2, 0.25) is 0 Å². The summed E-state index contributed by atoms with van der Waals surface area (Å²) in [5.74, 6) is 0.0894. The highest BCUT2D eigenvalue weighted by Gasteiger charge is 2.11. The molecule has 1 aliphatic rings. The summed E-state index contributed by atoms with van der Waals surface area (Å²) in [5, 5.41) is 3.28. The minimum Gasteiger partial charge on any atom is -0.384 e. The molecule has 0 atom stereocenters. The van der Waals surface area contributed by atoms with Crippen molar-refractivity contribution >= 4 is 11.5 Å². The van der Waals surface area contributed by atoms with Gasteiger partial charge in [-0.15, -0.1) is 0 Å². The van der Waals surface area contributed by atoms with E-state index in [4.69, 9.17) is 0 Å². The van der Waals surface area contributed by atoms with Crippen molar-refractivity contribution in [2.75, 3.05) is 11.9 Å². The number of carbonyl (C=O) groups is 1. The molecule has 1 heterocycles. The topological polar surface area (TPSA) is 29.1 Å². The molecular weight excluding hydrogens is 186 g/mol. The van der Waals surface area contributed by atoms with Crippen LogP contribution in [-0.2, 0) is 6.42 Å². The summed E-state index contributed by atoms with van der Waals surface area (Å²) in [6.07, 6.45) is 2.74. The minimum atomic E-state index is 0.0894. The molecule has 0 spiro atoms. The number of hydrogen-bond acceptors (Lipinski definition) is 2. The van der Waals surface area contributed by atoms with Gasteiger partial charge in [-0.1, -0.05) is 17.7 Å². The quantitative estimate of drug-likeness (QED) is 0.589. The van der Waals surface area contributed by atoms with Crippen LogP contribution in [0.1, 0.15) is 29.8 Å². The SMILES string of the molecule is CC(C)=CC(=O)c1ccc2c(c1)NCC2. The maximum Gasteiger partial charge on any atom is 0.185 e. The van der Waals surface area contributed by atoms with Gasteiger partial charge in [-0.2, -0.15) is 0 Å². The van der Waals surface area contributed by atoms with E-state index in [0.29, 0.717) is 0 Å². The standard InChI is InChI=1S/C13H15NO/c1-9(2)7-13(15)11-4-3-10-5-6-14-12(10)8-11/h3-4,7-8,14H,5-6H2,1-2H3. The van der Waals surface area contributed by atoms with Crippen LogP contribution in [0.3, 0.4) is 0 Å². The van der Waals surface area contributed by atoms with Crippen LogP contribution in [0.5, 0.6) is 0 Å². The van der Waals surface area contributed by atoms with Crippen LogP contribution in [-0.4, -0.2) is 12.3 Å². The Kier molecular flexibility index (Phi) is 2.58. The van der Waals surface area contributed by atoms with Crippen LogP contribution in [0.25, 0.3) is 0 Å². The van der Waals surface area contributed by atoms with Crippen molar-refractivity contribution in [3.8, 4) is 0 Å². The van der Waals surface area contributed by atoms with Gasteiger partial charge in [-0.05, 0) is 38.0 Å². The molecule has 0 radical (unpaired) electrons. The first-order valence-electron chi connectivity index (χ1n) is 5.23. The lowest BCUT2D eigenvalue weighted by molar-refractivity contribution is 0.104. The van der Waals surface area contributed by atoms with Gasteiger partial charge in [0, 0.05) is 17.8 Å². The number of anilines is 1. The first kappa shape index (κ1) is 9.97. The molecule has 15 heavy (non-hydrogen) atoms. The van der Waals surface area contributed by atoms with Gasteiger partial charge in [0.05, 0.1) is 0 Å². The number of ketones is 1. The molecule has 1 aliphatic heterocycles. The number of allylic oxidation sites excluding steroid dienone is 2. The van der Waals surface area contributed by atoms with Crippen molar-refractivity contribution in [1.82, 2.24) is 0 Å². The van der Waals surface area contributed by atoms with Gasteiger partial charge in [0.1, 0.15) is 0 Å². The van der Waals surface area contributed by atoms with Gasteiger partial charge in [-0.3, -0.25) is 4.79 Å². The van der Waals surface area contributed by atoms with E-state index in [1.165, 1.54) is 5.56 Å². The van der Waals surface area contributed by atoms with Crippen LogP contribution in [0.2, 0.25) is 0 Å². The summed E-state index contributed by atoms with van der Waals surface area (Å²) >= 11 is 0. The maximum atomic E-state index is 11.8. The monoisotopic (exact) mass is 201 g/mol. The Labute approximate surface area is 90.0 Å². The molecule has 1 aromatic carbocycles. The Morgan fingerprint density at radius 1 is 1.40 bits per heavy atom. The lowest BCUT2D eigenvalue weighted by Gasteiger charge is -2.02. The summed E-state index contributed by atoms with van der Waals surface area (Å²) < 4.78 is 0. The third-order valence-electron chi connectivity index (χ3n) is 2.52. The van der Waals surface area contributed by atoms with Crippen LogP contribution in [0.4, 0.5) is 5.69 Å². The molecule has 0 fully saturated rings. The Balaban J connectivity index is 2.31. The number of carbonyl (C=O) groups excluding carboxylic acids is 1. The molecule has 0 unspecified atom stereocenters. The van der Waals surface area contributed by atoms with Gasteiger partial charge in [0.15, 0.2) is 5.78 Å². The van der Waals surface area contributed by atoms with Gasteiger partial charge >= 0.3 is 0 Å². The Morgan fingerprint density at radius 3 is 2.93 bits per heavy atom. The zero-order chi connectivity index (χ0) is 10.8. The van der Waals surface area contributed by atoms with Gasteiger partial charge in [0.25, 0.3) is 0 Å². The lowest BCUT2D eigenvalue weighted by atomic mass is 10.0. The van der Waals surface area contributed by atoms with Crippen molar-refractivity contribution in [2.45, 2.75) is 20.3 Å². The van der Waals surface area contributed by atoms with E-state index in [9.17, 15) is 4.79 Å². The number of nitrogens with one attached hydrogen (secondary N) is 1. The highest BCUT2D eigenvalue weighted by atomic mass is 16.1. The molecule has 0 aromatic heterocycles. The normalized spacial score (nSPS) is 12.9. The fourth-order valence-corrected chi connectivity index (χ4v) is 1.79. The number of fused-ring (bicyclic) bond motifs is 1. The average molecular weight is 201 g/mol. The Morgan fingerprint density at radius 2 is 2.20 bits per heavy atom. The van der Waals surface area contributed by atoms with Crippen molar-refractivity contribution in [3.05, 3.63) is 41.0 Å². The van der Waals surface area contributed by atoms with E-state index in [2.05, 4.69) is 5.32 Å². The molecule has 0 aliphatic carbocycles. The zero-order valence-corrected chi connectivity index (χ0v) is 9.13. The lowest BCUT2D eigenvalue weighted by Crippen LogP contribution is -1.97. The Bertz CT molecular complexity index is 428. The van der Waals surface area contributed by atoms with Crippen LogP contribution >= 0.6 is 0 Å². The fourth-order valence-electron chi connectivity index (χ4n) is 1.79. The first-order valence-corrected chi connectivity index (χ1v) is 5.23. The van der Waals surface area contributed by atoms with E-state index in [1.807, 2.05) is 32.0 Å². The predicted molar refractivity (Wildman–Crippen MR) is 62.4 cm³/mol. The number of benzene rings is 1. The zero-order valence-electron chi connectivity index (χ0n) is 9.13. The number of rotatable bonds is 2. The molecule has 0 amide bonds. The highest BCUT2D eigenvalue weighted by molar-refractivity contribution is 6.05. The molecule has 0 saturated heterocycles. The smallest absolute Gasteiger partial charge is 0.185 e. The number of hydrogen-bond donors (Lipinski definition) is 1. The average Bonchev–Trinajstić information content (AvgIpc) is 2.62. The minimum absolute atomic E-state index is 0.0894. The molecule has 0 bridgehead atoms. The second kappa shape index (κ2) is 3.89. The van der Waals surface area contributed by atoms with Crippen molar-refractivity contribution in [1.29, 1.82) is 0 Å². The summed E-state index contributed by atoms with van der Waals surface area (Å²) in [5.41, 5.74) is 4.23. The maximum absolute atomic E-state index is 11.8. The van der Waals surface area contributed by atoms with Gasteiger partial charge in [-0.25, -0.2) is 0 Å². The summed E-state index contributed by atoms with van der Waals surface area (Å²) in [6.45, 7) is 4.85. The largest absolute Gasteiger partial charge is 0.384 e. The molecule has 2 nitrogen and oxygen atoms in total. The van der Waals surface area contributed by atoms with E-state index >= 15 is 0 Å². The van der Waals surface area contributed by atoms with E-state index in [0.717, 1.165) is 29.8 Å². The molecule has 1 aromatic rings. The van der Waals surface area contributed by atoms with E-state index in [1.54, 1.807) is 6.08 Å². The molecule has 78 valence electrons.